The van der Waals surface area contributed by atoms with Gasteiger partial charge in [0.25, 0.3) is 0 Å². The molecule has 2 heterocycles. The number of H-pyrrole nitrogens is 1. The average molecular weight is 224 g/mol. The molecule has 0 saturated carbocycles. The number of aryl methyl sites for hydroxylation is 1. The maximum absolute atomic E-state index is 12.2. The molecule has 84 valence electrons. The fourth-order valence-electron chi connectivity index (χ4n) is 2.04. The first kappa shape index (κ1) is 10.0. The molecule has 1 aromatic carbocycles. The highest BCUT2D eigenvalue weighted by atomic mass is 16.1. The smallest absolute Gasteiger partial charge is 0.198 e. The number of hydrogen-bond donors (Lipinski definition) is 1. The summed E-state index contributed by atoms with van der Waals surface area (Å²) in [7, 11) is 0. The van der Waals surface area contributed by atoms with Crippen molar-refractivity contribution in [3.63, 3.8) is 0 Å². The highest BCUT2D eigenvalue weighted by molar-refractivity contribution is 5.90. The summed E-state index contributed by atoms with van der Waals surface area (Å²) < 4.78 is 0. The van der Waals surface area contributed by atoms with Crippen LogP contribution in [0.25, 0.3) is 21.9 Å². The zero-order valence-electron chi connectivity index (χ0n) is 9.53. The van der Waals surface area contributed by atoms with E-state index < -0.39 is 0 Å². The lowest BCUT2D eigenvalue weighted by Gasteiger charge is -2.03. The highest BCUT2D eigenvalue weighted by Gasteiger charge is 2.05. The van der Waals surface area contributed by atoms with Gasteiger partial charge in [0, 0.05) is 11.1 Å². The van der Waals surface area contributed by atoms with E-state index in [1.165, 1.54) is 0 Å². The van der Waals surface area contributed by atoms with Crippen LogP contribution in [-0.2, 0) is 6.42 Å². The van der Waals surface area contributed by atoms with E-state index in [1.54, 1.807) is 0 Å². The van der Waals surface area contributed by atoms with Gasteiger partial charge in [-0.1, -0.05) is 19.1 Å². The van der Waals surface area contributed by atoms with E-state index in [-0.39, 0.29) is 5.43 Å². The van der Waals surface area contributed by atoms with Crippen LogP contribution in [0.2, 0.25) is 0 Å². The second-order valence-electron chi connectivity index (χ2n) is 4.05. The molecule has 0 fully saturated rings. The van der Waals surface area contributed by atoms with Crippen LogP contribution >= 0.6 is 0 Å². The van der Waals surface area contributed by atoms with E-state index in [1.807, 2.05) is 43.3 Å². The van der Waals surface area contributed by atoms with Crippen LogP contribution in [0.1, 0.15) is 12.6 Å². The largest absolute Gasteiger partial charge is 0.339 e. The van der Waals surface area contributed by atoms with Gasteiger partial charge in [0.1, 0.15) is 5.65 Å². The van der Waals surface area contributed by atoms with Gasteiger partial charge in [0.2, 0.25) is 0 Å². The second-order valence-corrected chi connectivity index (χ2v) is 4.05. The summed E-state index contributed by atoms with van der Waals surface area (Å²) in [5, 5.41) is 1.37. The normalized spacial score (nSPS) is 11.1. The van der Waals surface area contributed by atoms with Gasteiger partial charge in [-0.2, -0.15) is 0 Å². The van der Waals surface area contributed by atoms with Crippen LogP contribution in [0.15, 0.2) is 41.2 Å². The van der Waals surface area contributed by atoms with E-state index in [9.17, 15) is 4.79 Å². The molecule has 0 bridgehead atoms. The summed E-state index contributed by atoms with van der Waals surface area (Å²) in [5.74, 6) is 0. The van der Waals surface area contributed by atoms with Crippen LogP contribution in [0.5, 0.6) is 0 Å². The number of pyridine rings is 2. The molecule has 0 unspecified atom stereocenters. The molecule has 1 N–H and O–H groups in total. The van der Waals surface area contributed by atoms with Crippen molar-refractivity contribution in [2.75, 3.05) is 0 Å². The Hall–Kier alpha value is -2.16. The molecule has 0 aliphatic carbocycles. The lowest BCUT2D eigenvalue weighted by atomic mass is 10.1. The van der Waals surface area contributed by atoms with Crippen LogP contribution in [0, 0.1) is 0 Å². The van der Waals surface area contributed by atoms with Gasteiger partial charge >= 0.3 is 0 Å². The zero-order valence-corrected chi connectivity index (χ0v) is 9.53. The SMILES string of the molecule is CCc1ccc2c(=O)c3ccccc3[nH]c2n1. The Morgan fingerprint density at radius 1 is 1.12 bits per heavy atom. The molecular weight excluding hydrogens is 212 g/mol. The summed E-state index contributed by atoms with van der Waals surface area (Å²) in [6.07, 6.45) is 0.866. The van der Waals surface area contributed by atoms with Gasteiger partial charge < -0.3 is 4.98 Å². The Morgan fingerprint density at radius 3 is 2.76 bits per heavy atom. The van der Waals surface area contributed by atoms with E-state index in [4.69, 9.17) is 0 Å². The Balaban J connectivity index is 2.50. The van der Waals surface area contributed by atoms with Crippen molar-refractivity contribution in [1.29, 1.82) is 0 Å². The summed E-state index contributed by atoms with van der Waals surface area (Å²) in [4.78, 5) is 19.9. The Kier molecular flexibility index (Phi) is 2.18. The first-order chi connectivity index (χ1) is 8.29. The van der Waals surface area contributed by atoms with Crippen molar-refractivity contribution in [3.05, 3.63) is 52.3 Å². The molecule has 0 atom stereocenters. The highest BCUT2D eigenvalue weighted by Crippen LogP contribution is 2.13. The first-order valence-corrected chi connectivity index (χ1v) is 5.70. The number of aromatic amines is 1. The van der Waals surface area contributed by atoms with E-state index in [2.05, 4.69) is 9.97 Å². The first-order valence-electron chi connectivity index (χ1n) is 5.70. The minimum Gasteiger partial charge on any atom is -0.339 e. The molecule has 0 spiro atoms. The maximum atomic E-state index is 12.2. The van der Waals surface area contributed by atoms with Crippen molar-refractivity contribution < 1.29 is 0 Å². The van der Waals surface area contributed by atoms with Gasteiger partial charge in [0.15, 0.2) is 5.43 Å². The second kappa shape index (κ2) is 3.70. The topological polar surface area (TPSA) is 45.8 Å². The molecule has 3 heteroatoms. The van der Waals surface area contributed by atoms with Crippen LogP contribution in [0.3, 0.4) is 0 Å². The Bertz CT molecular complexity index is 759. The van der Waals surface area contributed by atoms with Crippen molar-refractivity contribution in [3.8, 4) is 0 Å². The maximum Gasteiger partial charge on any atom is 0.198 e. The lowest BCUT2D eigenvalue weighted by Crippen LogP contribution is -2.05. The number of nitrogens with one attached hydrogen (secondary N) is 1. The summed E-state index contributed by atoms with van der Waals surface area (Å²) in [6.45, 7) is 2.05. The molecular formula is C14H12N2O. The van der Waals surface area contributed by atoms with E-state index in [0.717, 1.165) is 17.6 Å². The van der Waals surface area contributed by atoms with Crippen molar-refractivity contribution >= 4 is 21.9 Å². The molecule has 3 rings (SSSR count). The van der Waals surface area contributed by atoms with E-state index >= 15 is 0 Å². The van der Waals surface area contributed by atoms with Crippen molar-refractivity contribution in [1.82, 2.24) is 9.97 Å². The molecule has 0 saturated heterocycles. The van der Waals surface area contributed by atoms with Gasteiger partial charge in [-0.15, -0.1) is 0 Å². The fraction of sp³-hybridized carbons (Fsp3) is 0.143. The number of hydrogen-bond acceptors (Lipinski definition) is 2. The number of benzene rings is 1. The summed E-state index contributed by atoms with van der Waals surface area (Å²) >= 11 is 0. The molecule has 2 aromatic heterocycles. The predicted octanol–water partition coefficient (Wildman–Crippen LogP) is 2.64. The third kappa shape index (κ3) is 1.51. The minimum atomic E-state index is 0.0458. The van der Waals surface area contributed by atoms with Crippen LogP contribution < -0.4 is 5.43 Å². The Labute approximate surface area is 98.1 Å². The number of rotatable bonds is 1. The number of aromatic nitrogens is 2. The molecule has 17 heavy (non-hydrogen) atoms. The molecule has 3 nitrogen and oxygen atoms in total. The fourth-order valence-corrected chi connectivity index (χ4v) is 2.04. The predicted molar refractivity (Wildman–Crippen MR) is 69.2 cm³/mol. The standard InChI is InChI=1S/C14H12N2O/c1-2-9-7-8-11-13(17)10-5-3-4-6-12(10)16-14(11)15-9/h3-8H,2H2,1H3,(H,15,16,17). The summed E-state index contributed by atoms with van der Waals surface area (Å²) in [6, 6.07) is 11.3. The molecule has 0 amide bonds. The number of para-hydroxylation sites is 1. The third-order valence-corrected chi connectivity index (χ3v) is 2.98. The van der Waals surface area contributed by atoms with E-state index in [0.29, 0.717) is 16.4 Å². The minimum absolute atomic E-state index is 0.0458. The monoisotopic (exact) mass is 224 g/mol. The molecule has 3 aromatic rings. The van der Waals surface area contributed by atoms with Crippen molar-refractivity contribution in [2.45, 2.75) is 13.3 Å². The van der Waals surface area contributed by atoms with Crippen molar-refractivity contribution in [2.24, 2.45) is 0 Å². The summed E-state index contributed by atoms with van der Waals surface area (Å²) in [5.41, 5.74) is 2.55. The molecule has 0 aliphatic heterocycles. The molecule has 0 radical (unpaired) electrons. The Morgan fingerprint density at radius 2 is 1.94 bits per heavy atom. The van der Waals surface area contributed by atoms with Gasteiger partial charge in [-0.25, -0.2) is 4.98 Å². The molecule has 0 aliphatic rings. The van der Waals surface area contributed by atoms with Gasteiger partial charge in [0.05, 0.1) is 10.9 Å². The van der Waals surface area contributed by atoms with Gasteiger partial charge in [-0.3, -0.25) is 4.79 Å². The number of fused-ring (bicyclic) bond motifs is 2. The quantitative estimate of drug-likeness (QED) is 0.646. The third-order valence-electron chi connectivity index (χ3n) is 2.98. The lowest BCUT2D eigenvalue weighted by molar-refractivity contribution is 1.05. The van der Waals surface area contributed by atoms with Gasteiger partial charge in [-0.05, 0) is 30.7 Å². The van der Waals surface area contributed by atoms with Crippen LogP contribution in [-0.4, -0.2) is 9.97 Å². The average Bonchev–Trinajstić information content (AvgIpc) is 2.38. The number of nitrogens with zero attached hydrogens (tertiary/aromatic N) is 1. The van der Waals surface area contributed by atoms with Crippen LogP contribution in [0.4, 0.5) is 0 Å². The zero-order chi connectivity index (χ0) is 11.8.